The van der Waals surface area contributed by atoms with Crippen molar-refractivity contribution in [3.8, 4) is 22.8 Å². The van der Waals surface area contributed by atoms with Gasteiger partial charge < -0.3 is 15.2 Å². The summed E-state index contributed by atoms with van der Waals surface area (Å²) in [5, 5.41) is 1.02. The summed E-state index contributed by atoms with van der Waals surface area (Å²) in [5.74, 6) is 1.08. The van der Waals surface area contributed by atoms with Gasteiger partial charge in [-0.15, -0.1) is 0 Å². The summed E-state index contributed by atoms with van der Waals surface area (Å²) in [6.45, 7) is 6.16. The van der Waals surface area contributed by atoms with Crippen molar-refractivity contribution in [2.75, 3.05) is 7.11 Å². The Morgan fingerprint density at radius 3 is 2.61 bits per heavy atom. The molecule has 5 nitrogen and oxygen atoms in total. The topological polar surface area (TPSA) is 74.4 Å². The molecule has 3 rings (SSSR count). The van der Waals surface area contributed by atoms with Gasteiger partial charge in [0.2, 0.25) is 5.91 Å². The van der Waals surface area contributed by atoms with Crippen LogP contribution in [0.4, 0.5) is 0 Å². The van der Waals surface area contributed by atoms with E-state index in [9.17, 15) is 4.79 Å². The Morgan fingerprint density at radius 1 is 1.14 bits per heavy atom. The number of hydrogen-bond donors (Lipinski definition) is 1. The average molecular weight is 378 g/mol. The number of aryl methyl sites for hydroxylation is 1. The maximum absolute atomic E-state index is 11.2. The van der Waals surface area contributed by atoms with Crippen LogP contribution in [0.5, 0.6) is 11.5 Å². The number of nitrogens with zero attached hydrogens (tertiary/aromatic N) is 1. The van der Waals surface area contributed by atoms with E-state index in [0.29, 0.717) is 5.75 Å². The van der Waals surface area contributed by atoms with Crippen molar-refractivity contribution in [1.82, 2.24) is 4.98 Å². The van der Waals surface area contributed by atoms with Gasteiger partial charge in [0.15, 0.2) is 11.5 Å². The van der Waals surface area contributed by atoms with Crippen LogP contribution < -0.4 is 15.2 Å². The molecule has 1 aromatic heterocycles. The third-order valence-electron chi connectivity index (χ3n) is 4.82. The van der Waals surface area contributed by atoms with Crippen molar-refractivity contribution < 1.29 is 14.3 Å². The first kappa shape index (κ1) is 19.7. The molecular formula is C23H26N2O3. The second kappa shape index (κ2) is 8.30. The normalized spacial score (nSPS) is 12.0. The van der Waals surface area contributed by atoms with Crippen LogP contribution >= 0.6 is 0 Å². The highest BCUT2D eigenvalue weighted by molar-refractivity contribution is 5.87. The highest BCUT2D eigenvalue weighted by atomic mass is 16.5. The SMILES string of the molecule is CCC(C)Oc1ccc(-c2cc(C)c3cc(CC(N)=O)ccc3n2)cc1OC. The number of nitrogens with two attached hydrogens (primary N) is 1. The third-order valence-corrected chi connectivity index (χ3v) is 4.82. The average Bonchev–Trinajstić information content (AvgIpc) is 2.68. The van der Waals surface area contributed by atoms with E-state index in [-0.39, 0.29) is 18.4 Å². The smallest absolute Gasteiger partial charge is 0.221 e. The minimum absolute atomic E-state index is 0.121. The van der Waals surface area contributed by atoms with Crippen LogP contribution in [0.25, 0.3) is 22.2 Å². The van der Waals surface area contributed by atoms with Gasteiger partial charge in [0.25, 0.3) is 0 Å². The number of primary amides is 1. The fourth-order valence-corrected chi connectivity index (χ4v) is 3.12. The van der Waals surface area contributed by atoms with Crippen molar-refractivity contribution in [1.29, 1.82) is 0 Å². The number of benzene rings is 2. The molecule has 3 aromatic rings. The lowest BCUT2D eigenvalue weighted by Gasteiger charge is -2.16. The molecule has 0 spiro atoms. The van der Waals surface area contributed by atoms with Gasteiger partial charge in [-0.2, -0.15) is 0 Å². The van der Waals surface area contributed by atoms with Gasteiger partial charge in [-0.3, -0.25) is 4.79 Å². The molecule has 0 saturated carbocycles. The summed E-state index contributed by atoms with van der Waals surface area (Å²) in [7, 11) is 1.64. The van der Waals surface area contributed by atoms with Crippen LogP contribution in [0.15, 0.2) is 42.5 Å². The fraction of sp³-hybridized carbons (Fsp3) is 0.304. The number of pyridine rings is 1. The van der Waals surface area contributed by atoms with E-state index in [1.807, 2.05) is 56.3 Å². The molecule has 0 aliphatic heterocycles. The van der Waals surface area contributed by atoms with Gasteiger partial charge in [0, 0.05) is 10.9 Å². The van der Waals surface area contributed by atoms with Gasteiger partial charge in [-0.25, -0.2) is 4.98 Å². The summed E-state index contributed by atoms with van der Waals surface area (Å²) >= 11 is 0. The number of ether oxygens (including phenoxy) is 2. The summed E-state index contributed by atoms with van der Waals surface area (Å²) < 4.78 is 11.5. The maximum Gasteiger partial charge on any atom is 0.221 e. The molecule has 1 amide bonds. The largest absolute Gasteiger partial charge is 0.493 e. The van der Waals surface area contributed by atoms with E-state index in [2.05, 4.69) is 6.92 Å². The Morgan fingerprint density at radius 2 is 1.93 bits per heavy atom. The van der Waals surface area contributed by atoms with E-state index in [0.717, 1.165) is 45.5 Å². The highest BCUT2D eigenvalue weighted by Gasteiger charge is 2.12. The molecule has 0 fully saturated rings. The summed E-state index contributed by atoms with van der Waals surface area (Å²) in [6, 6.07) is 13.7. The predicted molar refractivity (Wildman–Crippen MR) is 112 cm³/mol. The van der Waals surface area contributed by atoms with Crippen molar-refractivity contribution in [3.05, 3.63) is 53.6 Å². The van der Waals surface area contributed by atoms with Gasteiger partial charge in [0.05, 0.1) is 30.8 Å². The fourth-order valence-electron chi connectivity index (χ4n) is 3.12. The van der Waals surface area contributed by atoms with E-state index < -0.39 is 0 Å². The van der Waals surface area contributed by atoms with Crippen LogP contribution in [-0.4, -0.2) is 24.1 Å². The number of carbonyl (C=O) groups excluding carboxylic acids is 1. The number of rotatable bonds is 7. The summed E-state index contributed by atoms with van der Waals surface area (Å²) in [6.07, 6.45) is 1.27. The molecule has 0 saturated heterocycles. The quantitative estimate of drug-likeness (QED) is 0.660. The molecule has 28 heavy (non-hydrogen) atoms. The first-order chi connectivity index (χ1) is 13.4. The van der Waals surface area contributed by atoms with Crippen molar-refractivity contribution in [2.24, 2.45) is 5.73 Å². The molecule has 0 aliphatic carbocycles. The molecular weight excluding hydrogens is 352 g/mol. The van der Waals surface area contributed by atoms with E-state index in [1.165, 1.54) is 0 Å². The summed E-state index contributed by atoms with van der Waals surface area (Å²) in [4.78, 5) is 16.0. The Bertz CT molecular complexity index is 1010. The van der Waals surface area contributed by atoms with Crippen molar-refractivity contribution >= 4 is 16.8 Å². The zero-order valence-corrected chi connectivity index (χ0v) is 16.8. The zero-order chi connectivity index (χ0) is 20.3. The van der Waals surface area contributed by atoms with Gasteiger partial charge in [-0.1, -0.05) is 13.0 Å². The number of methoxy groups -OCH3 is 1. The molecule has 1 unspecified atom stereocenters. The van der Waals surface area contributed by atoms with Gasteiger partial charge >= 0.3 is 0 Å². The highest BCUT2D eigenvalue weighted by Crippen LogP contribution is 2.34. The number of carbonyl (C=O) groups is 1. The lowest BCUT2D eigenvalue weighted by Crippen LogP contribution is -2.13. The Labute approximate surface area is 165 Å². The van der Waals surface area contributed by atoms with Crippen LogP contribution in [0.3, 0.4) is 0 Å². The predicted octanol–water partition coefficient (Wildman–Crippen LogP) is 4.42. The molecule has 146 valence electrons. The number of amides is 1. The second-order valence-corrected chi connectivity index (χ2v) is 7.02. The monoisotopic (exact) mass is 378 g/mol. The summed E-state index contributed by atoms with van der Waals surface area (Å²) in [5.41, 5.74) is 9.99. The van der Waals surface area contributed by atoms with Gasteiger partial charge in [0.1, 0.15) is 0 Å². The molecule has 1 atom stereocenters. The van der Waals surface area contributed by atoms with E-state index >= 15 is 0 Å². The molecule has 0 radical (unpaired) electrons. The second-order valence-electron chi connectivity index (χ2n) is 7.02. The van der Waals surface area contributed by atoms with Crippen LogP contribution in [0.2, 0.25) is 0 Å². The van der Waals surface area contributed by atoms with Crippen LogP contribution in [0, 0.1) is 6.92 Å². The Hall–Kier alpha value is -3.08. The molecule has 5 heteroatoms. The molecule has 0 bridgehead atoms. The number of aromatic nitrogens is 1. The Kier molecular flexibility index (Phi) is 5.83. The van der Waals surface area contributed by atoms with E-state index in [4.69, 9.17) is 20.2 Å². The number of hydrogen-bond acceptors (Lipinski definition) is 4. The molecule has 1 heterocycles. The Balaban J connectivity index is 2.00. The standard InChI is InChI=1S/C23H26N2O3/c1-5-15(3)28-21-9-7-17(13-22(21)27-4)20-10-14(2)18-11-16(12-23(24)26)6-8-19(18)25-20/h6-11,13,15H,5,12H2,1-4H3,(H2,24,26). The zero-order valence-electron chi connectivity index (χ0n) is 16.8. The minimum atomic E-state index is -0.339. The lowest BCUT2D eigenvalue weighted by atomic mass is 10.0. The van der Waals surface area contributed by atoms with Crippen LogP contribution in [0.1, 0.15) is 31.4 Å². The third kappa shape index (κ3) is 4.25. The maximum atomic E-state index is 11.2. The van der Waals surface area contributed by atoms with Gasteiger partial charge in [-0.05, 0) is 67.8 Å². The number of fused-ring (bicyclic) bond motifs is 1. The molecule has 0 aliphatic rings. The first-order valence-corrected chi connectivity index (χ1v) is 9.45. The molecule has 2 aromatic carbocycles. The van der Waals surface area contributed by atoms with Crippen molar-refractivity contribution in [3.63, 3.8) is 0 Å². The molecule has 2 N–H and O–H groups in total. The first-order valence-electron chi connectivity index (χ1n) is 9.45. The van der Waals surface area contributed by atoms with Crippen LogP contribution in [-0.2, 0) is 11.2 Å². The lowest BCUT2D eigenvalue weighted by molar-refractivity contribution is -0.117. The van der Waals surface area contributed by atoms with E-state index in [1.54, 1.807) is 7.11 Å². The minimum Gasteiger partial charge on any atom is -0.493 e. The van der Waals surface area contributed by atoms with Crippen molar-refractivity contribution in [2.45, 2.75) is 39.7 Å².